The van der Waals surface area contributed by atoms with Crippen molar-refractivity contribution >= 4 is 40.5 Å². The van der Waals surface area contributed by atoms with Crippen molar-refractivity contribution in [2.45, 2.75) is 83.4 Å². The quantitative estimate of drug-likeness (QED) is 0.156. The Balaban J connectivity index is 0.838. The summed E-state index contributed by atoms with van der Waals surface area (Å²) in [6.45, 7) is 5.64. The van der Waals surface area contributed by atoms with Gasteiger partial charge in [0.1, 0.15) is 5.60 Å². The summed E-state index contributed by atoms with van der Waals surface area (Å²) in [7, 11) is 3.09. The number of nitrogens with one attached hydrogen (secondary N) is 3. The van der Waals surface area contributed by atoms with Gasteiger partial charge in [-0.1, -0.05) is 12.1 Å². The van der Waals surface area contributed by atoms with Crippen LogP contribution in [0.1, 0.15) is 94.7 Å². The molecule has 4 heterocycles. The van der Waals surface area contributed by atoms with E-state index in [4.69, 9.17) is 26.4 Å². The maximum atomic E-state index is 13.9. The number of hydrogen-bond donors (Lipinski definition) is 3. The largest absolute Gasteiger partial charge is 0.493 e. The van der Waals surface area contributed by atoms with Crippen molar-refractivity contribution in [2.24, 2.45) is 5.41 Å². The minimum atomic E-state index is -1.77. The summed E-state index contributed by atoms with van der Waals surface area (Å²) in [5.74, 6) is 1.59. The number of benzene rings is 3. The van der Waals surface area contributed by atoms with E-state index in [1.54, 1.807) is 35.1 Å². The van der Waals surface area contributed by atoms with E-state index < -0.39 is 24.2 Å². The maximum Gasteiger partial charge on any atom is 0.412 e. The minimum absolute atomic E-state index is 0.0693. The predicted octanol–water partition coefficient (Wildman–Crippen LogP) is 7.78. The molecule has 1 saturated heterocycles. The molecule has 1 spiro atoms. The van der Waals surface area contributed by atoms with Crippen molar-refractivity contribution in [3.63, 3.8) is 0 Å². The van der Waals surface area contributed by atoms with Gasteiger partial charge in [-0.3, -0.25) is 14.9 Å². The second-order valence-corrected chi connectivity index (χ2v) is 16.6. The number of amides is 3. The molecule has 302 valence electrons. The monoisotopic (exact) mass is 781 g/mol. The van der Waals surface area contributed by atoms with Crippen molar-refractivity contribution in [2.75, 3.05) is 63.0 Å². The normalized spacial score (nSPS) is 21.5. The molecule has 5 aliphatic rings. The number of hydrogen-bond acceptors (Lipinski definition) is 10. The van der Waals surface area contributed by atoms with Gasteiger partial charge in [-0.05, 0) is 107 Å². The Kier molecular flexibility index (Phi) is 9.67. The van der Waals surface area contributed by atoms with Gasteiger partial charge in [-0.25, -0.2) is 4.79 Å². The Bertz CT molecular complexity index is 2170. The van der Waals surface area contributed by atoms with E-state index in [-0.39, 0.29) is 23.3 Å². The predicted molar refractivity (Wildman–Crippen MR) is 218 cm³/mol. The maximum absolute atomic E-state index is 13.9. The fourth-order valence-electron chi connectivity index (χ4n) is 8.09. The molecular formula is C44H53N5O8. The molecule has 1 saturated carbocycles. The number of ether oxygens (including phenoxy) is 5. The van der Waals surface area contributed by atoms with Gasteiger partial charge in [0, 0.05) is 49.6 Å². The number of methoxy groups -OCH3 is 2. The second-order valence-electron chi connectivity index (χ2n) is 16.6. The molecule has 3 N–H and O–H groups in total. The van der Waals surface area contributed by atoms with Gasteiger partial charge in [0.05, 0.1) is 58.7 Å². The van der Waals surface area contributed by atoms with Crippen LogP contribution in [0.5, 0.6) is 23.0 Å². The second kappa shape index (κ2) is 15.4. The van der Waals surface area contributed by atoms with E-state index in [1.807, 2.05) is 57.3 Å². The van der Waals surface area contributed by atoms with Crippen molar-refractivity contribution in [1.29, 1.82) is 0 Å². The Labute approximate surface area is 336 Å². The standard InChI is InChI=1S/C44H53N5O8/c1-43(2,3)57-42(52)47-29-11-9-27(10-12-29)28-17-30-23-45-34-20-38(36(53-4)18-32(34)40(50)48(30)25-28)55-15-7-6-8-16-56-39-21-35-33(19-37(39)54-5)41(51)49-26-44(13-14-44)22-31(49)24-46-35/h9-12,18-21,25,30-31,45-46H,6-8,13-17,22-24,26H2,1-5H3,(H,47,52)/t30-,31-/m0/s1/i24D2. The Morgan fingerprint density at radius 2 is 1.49 bits per heavy atom. The molecule has 3 aromatic rings. The van der Waals surface area contributed by atoms with Crippen LogP contribution in [0.3, 0.4) is 0 Å². The van der Waals surface area contributed by atoms with Crippen LogP contribution < -0.4 is 34.9 Å². The highest BCUT2D eigenvalue weighted by atomic mass is 16.6. The highest BCUT2D eigenvalue weighted by Crippen LogP contribution is 2.55. The smallest absolute Gasteiger partial charge is 0.412 e. The third-order valence-electron chi connectivity index (χ3n) is 11.3. The lowest BCUT2D eigenvalue weighted by molar-refractivity contribution is 0.0634. The van der Waals surface area contributed by atoms with Gasteiger partial charge in [0.2, 0.25) is 0 Å². The van der Waals surface area contributed by atoms with Gasteiger partial charge in [-0.15, -0.1) is 0 Å². The summed E-state index contributed by atoms with van der Waals surface area (Å²) in [6, 6.07) is 13.8. The average molecular weight is 782 g/mol. The van der Waals surface area contributed by atoms with E-state index in [0.29, 0.717) is 90.3 Å². The fourth-order valence-corrected chi connectivity index (χ4v) is 8.09. The number of carbonyl (C=O) groups is 3. The first-order chi connectivity index (χ1) is 28.2. The number of carbonyl (C=O) groups excluding carboxylic acids is 3. The third-order valence-corrected chi connectivity index (χ3v) is 11.3. The topological polar surface area (TPSA) is 140 Å². The lowest BCUT2D eigenvalue weighted by Gasteiger charge is -2.21. The zero-order valence-electron chi connectivity index (χ0n) is 35.3. The highest BCUT2D eigenvalue weighted by molar-refractivity contribution is 6.03. The molecule has 0 bridgehead atoms. The molecule has 8 rings (SSSR count). The summed E-state index contributed by atoms with van der Waals surface area (Å²) in [5.41, 5.74) is 4.08. The highest BCUT2D eigenvalue weighted by Gasteiger charge is 2.54. The lowest BCUT2D eigenvalue weighted by Crippen LogP contribution is -2.37. The molecule has 3 aromatic carbocycles. The van der Waals surface area contributed by atoms with E-state index in [0.717, 1.165) is 43.2 Å². The van der Waals surface area contributed by atoms with Crippen molar-refractivity contribution in [1.82, 2.24) is 9.80 Å². The molecule has 13 nitrogen and oxygen atoms in total. The van der Waals surface area contributed by atoms with E-state index >= 15 is 0 Å². The Morgan fingerprint density at radius 1 is 0.860 bits per heavy atom. The van der Waals surface area contributed by atoms with Crippen LogP contribution in [-0.4, -0.2) is 92.4 Å². The zero-order chi connectivity index (χ0) is 41.7. The first-order valence-electron chi connectivity index (χ1n) is 20.8. The average Bonchev–Trinajstić information content (AvgIpc) is 3.68. The van der Waals surface area contributed by atoms with E-state index in [9.17, 15) is 14.4 Å². The number of unbranched alkanes of at least 4 members (excludes halogenated alkanes) is 2. The number of anilines is 3. The molecule has 3 amide bonds. The first kappa shape index (κ1) is 35.8. The zero-order valence-corrected chi connectivity index (χ0v) is 33.3. The summed E-state index contributed by atoms with van der Waals surface area (Å²) < 4.78 is 46.5. The van der Waals surface area contributed by atoms with Gasteiger partial charge in [0.25, 0.3) is 11.8 Å². The van der Waals surface area contributed by atoms with Crippen LogP contribution in [0.25, 0.3) is 5.57 Å². The van der Waals surface area contributed by atoms with Crippen LogP contribution in [-0.2, 0) is 4.74 Å². The van der Waals surface area contributed by atoms with Crippen molar-refractivity contribution in [3.05, 3.63) is 71.4 Å². The van der Waals surface area contributed by atoms with Crippen LogP contribution in [0.2, 0.25) is 0 Å². The van der Waals surface area contributed by atoms with Gasteiger partial charge < -0.3 is 44.1 Å². The molecule has 13 heteroatoms. The number of fused-ring (bicyclic) bond motifs is 4. The lowest BCUT2D eigenvalue weighted by atomic mass is 10.0. The molecule has 4 aliphatic heterocycles. The fraction of sp³-hybridized carbons (Fsp3) is 0.477. The molecule has 2 fully saturated rings. The van der Waals surface area contributed by atoms with Crippen LogP contribution >= 0.6 is 0 Å². The van der Waals surface area contributed by atoms with Crippen molar-refractivity contribution < 1.29 is 40.8 Å². The van der Waals surface area contributed by atoms with E-state index in [1.165, 1.54) is 7.11 Å². The molecule has 0 unspecified atom stereocenters. The van der Waals surface area contributed by atoms with Gasteiger partial charge in [0.15, 0.2) is 23.0 Å². The molecule has 0 radical (unpaired) electrons. The molecule has 1 aliphatic carbocycles. The molecule has 57 heavy (non-hydrogen) atoms. The van der Waals surface area contributed by atoms with Crippen LogP contribution in [0, 0.1) is 5.41 Å². The first-order valence-corrected chi connectivity index (χ1v) is 19.8. The molecule has 2 atom stereocenters. The third kappa shape index (κ3) is 8.15. The van der Waals surface area contributed by atoms with Crippen LogP contribution in [0.4, 0.5) is 21.9 Å². The molecule has 0 aromatic heterocycles. The summed E-state index contributed by atoms with van der Waals surface area (Å²) in [6.07, 6.45) is 7.09. The van der Waals surface area contributed by atoms with Gasteiger partial charge in [-0.2, -0.15) is 0 Å². The minimum Gasteiger partial charge on any atom is -0.493 e. The van der Waals surface area contributed by atoms with E-state index in [2.05, 4.69) is 16.0 Å². The Morgan fingerprint density at radius 3 is 2.11 bits per heavy atom. The molecular weight excluding hydrogens is 727 g/mol. The van der Waals surface area contributed by atoms with Crippen LogP contribution in [0.15, 0.2) is 54.7 Å². The summed E-state index contributed by atoms with van der Waals surface area (Å²) >= 11 is 0. The SMILES string of the molecule is [2H]C1([2H])Nc2cc(OCCCCCOc3cc4c(cc3OC)C(=O)N3C=C(c5ccc(NC(=O)OC(C)(C)C)cc5)C[C@H]3CN4)c(OC)cc2C(=O)N2CC3(CC3)C[C@H]21. The van der Waals surface area contributed by atoms with Crippen molar-refractivity contribution in [3.8, 4) is 23.0 Å². The number of nitrogens with zero attached hydrogens (tertiary/aromatic N) is 2. The summed E-state index contributed by atoms with van der Waals surface area (Å²) in [5, 5.41) is 9.24. The van der Waals surface area contributed by atoms with Gasteiger partial charge >= 0.3 is 6.09 Å². The Hall–Kier alpha value is -5.59. The summed E-state index contributed by atoms with van der Waals surface area (Å²) in [4.78, 5) is 43.2. The number of rotatable bonds is 12.